The number of hydrogen-bond donors (Lipinski definition) is 1. The molecule has 0 fully saturated rings. The summed E-state index contributed by atoms with van der Waals surface area (Å²) in [5.74, 6) is -0.558. The van der Waals surface area contributed by atoms with Gasteiger partial charge >= 0.3 is 5.97 Å². The van der Waals surface area contributed by atoms with Gasteiger partial charge in [-0.3, -0.25) is 14.2 Å². The van der Waals surface area contributed by atoms with Gasteiger partial charge in [0.25, 0.3) is 7.82 Å². The first-order valence-corrected chi connectivity index (χ1v) is 30.9. The summed E-state index contributed by atoms with van der Waals surface area (Å²) in [6, 6.07) is -0.897. The Kier molecular flexibility index (Phi) is 49.0. The van der Waals surface area contributed by atoms with Gasteiger partial charge in [0.05, 0.1) is 33.8 Å². The number of unbranched alkanes of at least 4 members (excludes halogenated alkanes) is 31. The average molecular weight is 1010 g/mol. The number of allylic oxidation sites excluding steroid dienone is 7. The molecule has 410 valence electrons. The van der Waals surface area contributed by atoms with E-state index in [1.54, 1.807) is 0 Å². The highest BCUT2D eigenvalue weighted by Crippen LogP contribution is 2.38. The standard InChI is InChI=1S/C60H113N2O7P/c1-7-10-13-16-19-22-25-28-30-31-32-35-38-41-44-47-50-53-60(64)69-58(51-48-45-42-39-36-33-27-24-21-18-15-12-9-3)57(56-68-70(65,66)67-55-54-62(4,5)6)61-59(63)52-49-46-43-40-37-34-29-26-23-20-17-14-11-8-2/h11,14,20,23,29,34,48,51,57-58H,7-10,12-13,15-19,21-22,24-28,30-33,35-47,49-50,52-56H2,1-6H3,(H-,61,63,65,66)/b14-11+,23-20+,34-29+,51-48+. The molecule has 0 aliphatic heterocycles. The van der Waals surface area contributed by atoms with Crippen LogP contribution in [0.2, 0.25) is 0 Å². The number of quaternary nitrogens is 1. The highest BCUT2D eigenvalue weighted by molar-refractivity contribution is 7.45. The van der Waals surface area contributed by atoms with E-state index in [0.29, 0.717) is 23.9 Å². The minimum absolute atomic E-state index is 0.0261. The largest absolute Gasteiger partial charge is 0.756 e. The smallest absolute Gasteiger partial charge is 0.306 e. The lowest BCUT2D eigenvalue weighted by atomic mass is 10.0. The second-order valence-corrected chi connectivity index (χ2v) is 22.5. The summed E-state index contributed by atoms with van der Waals surface area (Å²) < 4.78 is 30.2. The van der Waals surface area contributed by atoms with E-state index in [4.69, 9.17) is 13.8 Å². The summed E-state index contributed by atoms with van der Waals surface area (Å²) in [4.78, 5) is 39.9. The van der Waals surface area contributed by atoms with E-state index in [9.17, 15) is 19.0 Å². The molecule has 0 aromatic carbocycles. The first kappa shape index (κ1) is 68.0. The number of amides is 1. The fourth-order valence-electron chi connectivity index (χ4n) is 8.48. The molecule has 0 aromatic heterocycles. The van der Waals surface area contributed by atoms with Gasteiger partial charge in [-0.1, -0.05) is 243 Å². The molecule has 3 unspecified atom stereocenters. The van der Waals surface area contributed by atoms with Crippen molar-refractivity contribution in [2.24, 2.45) is 0 Å². The third-order valence-electron chi connectivity index (χ3n) is 13.0. The number of phosphoric acid groups is 1. The SMILES string of the molecule is CC/C=C/C/C=C/C/C=C/CCCCCCC(=O)NC(COP(=O)([O-])OCC[N+](C)(C)C)C(/C=C/CCCCCCCCCCCCC)OC(=O)CCCCCCCCCCCCCCCCCCC. The van der Waals surface area contributed by atoms with Crippen molar-refractivity contribution in [3.8, 4) is 0 Å². The molecule has 1 amide bonds. The summed E-state index contributed by atoms with van der Waals surface area (Å²) >= 11 is 0. The number of nitrogens with zero attached hydrogens (tertiary/aromatic N) is 1. The van der Waals surface area contributed by atoms with Crippen LogP contribution in [-0.2, 0) is 27.9 Å². The molecule has 10 heteroatoms. The van der Waals surface area contributed by atoms with Crippen molar-refractivity contribution < 1.29 is 37.3 Å². The van der Waals surface area contributed by atoms with Crippen molar-refractivity contribution in [2.45, 2.75) is 283 Å². The van der Waals surface area contributed by atoms with E-state index in [1.165, 1.54) is 148 Å². The maximum Gasteiger partial charge on any atom is 0.306 e. The van der Waals surface area contributed by atoms with Crippen molar-refractivity contribution in [1.82, 2.24) is 5.32 Å². The highest BCUT2D eigenvalue weighted by atomic mass is 31.2. The summed E-state index contributed by atoms with van der Waals surface area (Å²) in [5, 5.41) is 3.01. The molecule has 70 heavy (non-hydrogen) atoms. The van der Waals surface area contributed by atoms with Gasteiger partial charge in [-0.2, -0.15) is 0 Å². The van der Waals surface area contributed by atoms with Crippen LogP contribution >= 0.6 is 7.82 Å². The molecule has 0 aromatic rings. The number of likely N-dealkylation sites (N-methyl/N-ethyl adjacent to an activating group) is 1. The van der Waals surface area contributed by atoms with E-state index >= 15 is 0 Å². The number of esters is 1. The van der Waals surface area contributed by atoms with Crippen LogP contribution in [0.25, 0.3) is 0 Å². The monoisotopic (exact) mass is 1000 g/mol. The number of hydrogen-bond acceptors (Lipinski definition) is 7. The molecular formula is C60H113N2O7P. The Morgan fingerprint density at radius 3 is 1.37 bits per heavy atom. The zero-order chi connectivity index (χ0) is 51.5. The molecule has 1 N–H and O–H groups in total. The first-order chi connectivity index (χ1) is 33.9. The van der Waals surface area contributed by atoms with Gasteiger partial charge in [-0.05, 0) is 63.9 Å². The minimum atomic E-state index is -4.70. The number of carbonyl (C=O) groups excluding carboxylic acids is 2. The Labute approximate surface area is 433 Å². The minimum Gasteiger partial charge on any atom is -0.756 e. The number of rotatable bonds is 53. The van der Waals surface area contributed by atoms with Crippen LogP contribution in [0.15, 0.2) is 48.6 Å². The fourth-order valence-corrected chi connectivity index (χ4v) is 9.20. The predicted octanol–water partition coefficient (Wildman–Crippen LogP) is 17.1. The van der Waals surface area contributed by atoms with Gasteiger partial charge in [0.2, 0.25) is 5.91 Å². The molecule has 0 rings (SSSR count). The number of nitrogens with one attached hydrogen (secondary N) is 1. The lowest BCUT2D eigenvalue weighted by Crippen LogP contribution is -2.47. The van der Waals surface area contributed by atoms with Crippen molar-refractivity contribution in [3.05, 3.63) is 48.6 Å². The van der Waals surface area contributed by atoms with Crippen molar-refractivity contribution in [2.75, 3.05) is 40.9 Å². The molecule has 0 aliphatic carbocycles. The van der Waals surface area contributed by atoms with Crippen molar-refractivity contribution >= 4 is 19.7 Å². The predicted molar refractivity (Wildman–Crippen MR) is 298 cm³/mol. The third kappa shape index (κ3) is 50.9. The lowest BCUT2D eigenvalue weighted by molar-refractivity contribution is -0.870. The van der Waals surface area contributed by atoms with Gasteiger partial charge in [0.15, 0.2) is 0 Å². The van der Waals surface area contributed by atoms with E-state index in [0.717, 1.165) is 83.5 Å². The first-order valence-electron chi connectivity index (χ1n) is 29.4. The Balaban J connectivity index is 5.35. The van der Waals surface area contributed by atoms with Crippen LogP contribution < -0.4 is 10.2 Å². The Hall–Kier alpha value is -2.03. The van der Waals surface area contributed by atoms with Crippen LogP contribution in [0.5, 0.6) is 0 Å². The highest BCUT2D eigenvalue weighted by Gasteiger charge is 2.27. The normalized spacial score (nSPS) is 14.1. The maximum absolute atomic E-state index is 13.5. The molecule has 0 aliphatic rings. The van der Waals surface area contributed by atoms with Crippen LogP contribution in [0.3, 0.4) is 0 Å². The molecule has 3 atom stereocenters. The third-order valence-corrected chi connectivity index (χ3v) is 14.0. The van der Waals surface area contributed by atoms with Crippen LogP contribution in [0, 0.1) is 0 Å². The molecule has 0 bridgehead atoms. The Bertz CT molecular complexity index is 1340. The van der Waals surface area contributed by atoms with E-state index in [1.807, 2.05) is 33.3 Å². The van der Waals surface area contributed by atoms with Gasteiger partial charge in [0.1, 0.15) is 19.3 Å². The summed E-state index contributed by atoms with van der Waals surface area (Å²) in [6.45, 7) is 6.73. The van der Waals surface area contributed by atoms with Gasteiger partial charge in [0, 0.05) is 12.8 Å². The number of ether oxygens (including phenoxy) is 1. The van der Waals surface area contributed by atoms with Gasteiger partial charge in [-0.25, -0.2) is 0 Å². The fraction of sp³-hybridized carbons (Fsp3) is 0.833. The van der Waals surface area contributed by atoms with Gasteiger partial charge in [-0.15, -0.1) is 0 Å². The summed E-state index contributed by atoms with van der Waals surface area (Å²) in [7, 11) is 1.17. The van der Waals surface area contributed by atoms with Crippen molar-refractivity contribution in [1.29, 1.82) is 0 Å². The zero-order valence-corrected chi connectivity index (χ0v) is 47.6. The molecular weight excluding hydrogens is 892 g/mol. The van der Waals surface area contributed by atoms with Gasteiger partial charge < -0.3 is 28.5 Å². The molecule has 0 saturated carbocycles. The summed E-state index contributed by atoms with van der Waals surface area (Å²) in [6.07, 6.45) is 60.7. The van der Waals surface area contributed by atoms with E-state index in [-0.39, 0.29) is 24.9 Å². The second-order valence-electron chi connectivity index (χ2n) is 21.1. The Morgan fingerprint density at radius 1 is 0.514 bits per heavy atom. The van der Waals surface area contributed by atoms with E-state index in [2.05, 4.69) is 62.5 Å². The summed E-state index contributed by atoms with van der Waals surface area (Å²) in [5.41, 5.74) is 0. The number of carbonyl (C=O) groups is 2. The topological polar surface area (TPSA) is 114 Å². The van der Waals surface area contributed by atoms with Crippen molar-refractivity contribution in [3.63, 3.8) is 0 Å². The molecule has 0 heterocycles. The van der Waals surface area contributed by atoms with Crippen LogP contribution in [0.1, 0.15) is 271 Å². The Morgan fingerprint density at radius 2 is 0.914 bits per heavy atom. The molecule has 0 spiro atoms. The maximum atomic E-state index is 13.5. The lowest BCUT2D eigenvalue weighted by Gasteiger charge is -2.30. The quantitative estimate of drug-likeness (QED) is 0.0212. The second kappa shape index (κ2) is 50.5. The number of phosphoric ester groups is 1. The molecule has 9 nitrogen and oxygen atoms in total. The zero-order valence-electron chi connectivity index (χ0n) is 46.7. The van der Waals surface area contributed by atoms with Crippen LogP contribution in [-0.4, -0.2) is 69.4 Å². The average Bonchev–Trinajstić information content (AvgIpc) is 3.32. The van der Waals surface area contributed by atoms with E-state index < -0.39 is 26.6 Å². The molecule has 0 saturated heterocycles. The molecule has 0 radical (unpaired) electrons. The van der Waals surface area contributed by atoms with Crippen LogP contribution in [0.4, 0.5) is 0 Å².